The van der Waals surface area contributed by atoms with Crippen LogP contribution in [0.5, 0.6) is 0 Å². The molecule has 1 heterocycles. The van der Waals surface area contributed by atoms with E-state index in [1.807, 2.05) is 25.2 Å². The van der Waals surface area contributed by atoms with E-state index in [1.54, 1.807) is 0 Å². The molecule has 0 spiro atoms. The summed E-state index contributed by atoms with van der Waals surface area (Å²) in [7, 11) is 0. The van der Waals surface area contributed by atoms with E-state index in [1.165, 1.54) is 9.75 Å². The highest BCUT2D eigenvalue weighted by Gasteiger charge is 2.04. The maximum absolute atomic E-state index is 11.3. The van der Waals surface area contributed by atoms with E-state index in [0.29, 0.717) is 6.54 Å². The summed E-state index contributed by atoms with van der Waals surface area (Å²) in [5, 5.41) is 6.22. The normalized spacial score (nSPS) is 10.8. The van der Waals surface area contributed by atoms with E-state index in [9.17, 15) is 4.79 Å². The smallest absolute Gasteiger partial charge is 0.222 e. The summed E-state index contributed by atoms with van der Waals surface area (Å²) >= 11 is 1.85. The molecule has 0 saturated carbocycles. The van der Waals surface area contributed by atoms with Gasteiger partial charge in [-0.2, -0.15) is 0 Å². The zero-order valence-electron chi connectivity index (χ0n) is 10.9. The minimum Gasteiger partial charge on any atom is -0.355 e. The summed E-state index contributed by atoms with van der Waals surface area (Å²) in [4.78, 5) is 14.1. The van der Waals surface area contributed by atoms with Gasteiger partial charge in [0.1, 0.15) is 0 Å². The lowest BCUT2D eigenvalue weighted by Crippen LogP contribution is -2.33. The molecular weight excluding hydrogens is 232 g/mol. The molecular formula is C13H22N2OS. The van der Waals surface area contributed by atoms with Crippen LogP contribution in [-0.2, 0) is 17.8 Å². The Kier molecular flexibility index (Phi) is 6.22. The van der Waals surface area contributed by atoms with Gasteiger partial charge < -0.3 is 10.6 Å². The van der Waals surface area contributed by atoms with Crippen molar-refractivity contribution in [2.75, 3.05) is 13.1 Å². The zero-order valence-corrected chi connectivity index (χ0v) is 11.7. The van der Waals surface area contributed by atoms with E-state index < -0.39 is 0 Å². The van der Waals surface area contributed by atoms with Gasteiger partial charge in [-0.1, -0.05) is 20.8 Å². The minimum absolute atomic E-state index is 0.0689. The standard InChI is InChI=1S/C13H22N2OS/c1-4-11-5-6-12(17-11)9-14-7-8-15-13(16)10(2)3/h5-6,10,14H,4,7-9H2,1-3H3,(H,15,16). The lowest BCUT2D eigenvalue weighted by Gasteiger charge is -2.07. The van der Waals surface area contributed by atoms with Crippen LogP contribution in [-0.4, -0.2) is 19.0 Å². The minimum atomic E-state index is 0.0689. The quantitative estimate of drug-likeness (QED) is 0.732. The van der Waals surface area contributed by atoms with Gasteiger partial charge in [-0.15, -0.1) is 11.3 Å². The maximum atomic E-state index is 11.3. The Morgan fingerprint density at radius 1 is 1.29 bits per heavy atom. The molecule has 3 nitrogen and oxygen atoms in total. The first-order valence-electron chi connectivity index (χ1n) is 6.19. The number of amides is 1. The molecule has 2 N–H and O–H groups in total. The molecule has 96 valence electrons. The predicted molar refractivity (Wildman–Crippen MR) is 73.3 cm³/mol. The van der Waals surface area contributed by atoms with Crippen LogP contribution in [0, 0.1) is 5.92 Å². The molecule has 0 aliphatic rings. The van der Waals surface area contributed by atoms with Gasteiger partial charge in [0.15, 0.2) is 0 Å². The molecule has 0 atom stereocenters. The first-order valence-corrected chi connectivity index (χ1v) is 7.01. The van der Waals surface area contributed by atoms with Crippen molar-refractivity contribution in [1.29, 1.82) is 0 Å². The van der Waals surface area contributed by atoms with Gasteiger partial charge in [0, 0.05) is 35.3 Å². The largest absolute Gasteiger partial charge is 0.355 e. The molecule has 0 unspecified atom stereocenters. The van der Waals surface area contributed by atoms with Gasteiger partial charge in [-0.05, 0) is 18.6 Å². The number of carbonyl (C=O) groups is 1. The molecule has 1 amide bonds. The van der Waals surface area contributed by atoms with Gasteiger partial charge in [-0.3, -0.25) is 4.79 Å². The van der Waals surface area contributed by atoms with Crippen molar-refractivity contribution < 1.29 is 4.79 Å². The number of carbonyl (C=O) groups excluding carboxylic acids is 1. The number of hydrogen-bond acceptors (Lipinski definition) is 3. The lowest BCUT2D eigenvalue weighted by molar-refractivity contribution is -0.123. The van der Waals surface area contributed by atoms with Crippen molar-refractivity contribution in [3.8, 4) is 0 Å². The molecule has 0 aliphatic carbocycles. The highest BCUT2D eigenvalue weighted by molar-refractivity contribution is 7.11. The van der Waals surface area contributed by atoms with Crippen molar-refractivity contribution in [3.63, 3.8) is 0 Å². The van der Waals surface area contributed by atoms with Gasteiger partial charge in [-0.25, -0.2) is 0 Å². The average Bonchev–Trinajstić information content (AvgIpc) is 2.76. The predicted octanol–water partition coefficient (Wildman–Crippen LogP) is 2.17. The summed E-state index contributed by atoms with van der Waals surface area (Å²) in [6, 6.07) is 4.35. The number of nitrogens with one attached hydrogen (secondary N) is 2. The third-order valence-corrected chi connectivity index (χ3v) is 3.72. The van der Waals surface area contributed by atoms with Crippen LogP contribution < -0.4 is 10.6 Å². The zero-order chi connectivity index (χ0) is 12.7. The second-order valence-electron chi connectivity index (χ2n) is 4.34. The molecule has 0 saturated heterocycles. The van der Waals surface area contributed by atoms with Crippen molar-refractivity contribution in [3.05, 3.63) is 21.9 Å². The summed E-state index contributed by atoms with van der Waals surface area (Å²) in [5.41, 5.74) is 0. The molecule has 0 fully saturated rings. The summed E-state index contributed by atoms with van der Waals surface area (Å²) in [6.45, 7) is 8.38. The molecule has 0 radical (unpaired) electrons. The Labute approximate surface area is 108 Å². The molecule has 4 heteroatoms. The number of rotatable bonds is 7. The second-order valence-corrected chi connectivity index (χ2v) is 5.60. The maximum Gasteiger partial charge on any atom is 0.222 e. The molecule has 0 bridgehead atoms. The Balaban J connectivity index is 2.10. The van der Waals surface area contributed by atoms with Gasteiger partial charge in [0.25, 0.3) is 0 Å². The molecule has 1 aromatic heterocycles. The topological polar surface area (TPSA) is 41.1 Å². The van der Waals surface area contributed by atoms with Crippen LogP contribution in [0.1, 0.15) is 30.5 Å². The molecule has 17 heavy (non-hydrogen) atoms. The van der Waals surface area contributed by atoms with Gasteiger partial charge >= 0.3 is 0 Å². The fraction of sp³-hybridized carbons (Fsp3) is 0.615. The molecule has 0 aliphatic heterocycles. The highest BCUT2D eigenvalue weighted by atomic mass is 32.1. The number of thiophene rings is 1. The summed E-state index contributed by atoms with van der Waals surface area (Å²) in [5.74, 6) is 0.190. The van der Waals surface area contributed by atoms with Gasteiger partial charge in [0.2, 0.25) is 5.91 Å². The molecule has 1 rings (SSSR count). The Bertz CT molecular complexity index is 347. The van der Waals surface area contributed by atoms with E-state index in [-0.39, 0.29) is 11.8 Å². The van der Waals surface area contributed by atoms with Gasteiger partial charge in [0.05, 0.1) is 0 Å². The van der Waals surface area contributed by atoms with Crippen LogP contribution in [0.25, 0.3) is 0 Å². The molecule has 1 aromatic rings. The van der Waals surface area contributed by atoms with Crippen molar-refractivity contribution in [2.24, 2.45) is 5.92 Å². The first kappa shape index (κ1) is 14.2. The van der Waals surface area contributed by atoms with Crippen molar-refractivity contribution in [2.45, 2.75) is 33.7 Å². The van der Waals surface area contributed by atoms with Crippen LogP contribution in [0.3, 0.4) is 0 Å². The Hall–Kier alpha value is -0.870. The monoisotopic (exact) mass is 254 g/mol. The fourth-order valence-electron chi connectivity index (χ4n) is 1.40. The third kappa shape index (κ3) is 5.33. The van der Waals surface area contributed by atoms with Crippen LogP contribution in [0.4, 0.5) is 0 Å². The van der Waals surface area contributed by atoms with Crippen LogP contribution >= 0.6 is 11.3 Å². The second kappa shape index (κ2) is 7.45. The van der Waals surface area contributed by atoms with E-state index in [2.05, 4.69) is 29.7 Å². The van der Waals surface area contributed by atoms with Crippen molar-refractivity contribution in [1.82, 2.24) is 10.6 Å². The SMILES string of the molecule is CCc1ccc(CNCCNC(=O)C(C)C)s1. The molecule has 0 aromatic carbocycles. The fourth-order valence-corrected chi connectivity index (χ4v) is 2.32. The van der Waals surface area contributed by atoms with E-state index in [4.69, 9.17) is 0 Å². The van der Waals surface area contributed by atoms with E-state index >= 15 is 0 Å². The third-order valence-electron chi connectivity index (χ3n) is 2.49. The summed E-state index contributed by atoms with van der Waals surface area (Å²) in [6.07, 6.45) is 1.11. The summed E-state index contributed by atoms with van der Waals surface area (Å²) < 4.78 is 0. The Morgan fingerprint density at radius 3 is 2.59 bits per heavy atom. The van der Waals surface area contributed by atoms with Crippen molar-refractivity contribution >= 4 is 17.2 Å². The highest BCUT2D eigenvalue weighted by Crippen LogP contribution is 2.16. The van der Waals surface area contributed by atoms with Crippen LogP contribution in [0.15, 0.2) is 12.1 Å². The van der Waals surface area contributed by atoms with E-state index in [0.717, 1.165) is 19.5 Å². The average molecular weight is 254 g/mol. The number of hydrogen-bond donors (Lipinski definition) is 2. The van der Waals surface area contributed by atoms with Crippen LogP contribution in [0.2, 0.25) is 0 Å². The Morgan fingerprint density at radius 2 is 2.00 bits per heavy atom. The lowest BCUT2D eigenvalue weighted by atomic mass is 10.2. The number of aryl methyl sites for hydroxylation is 1. The first-order chi connectivity index (χ1) is 8.13.